The van der Waals surface area contributed by atoms with Crippen LogP contribution in [0.15, 0.2) is 54.6 Å². The molecule has 3 rings (SSSR count). The number of benzene rings is 3. The van der Waals surface area contributed by atoms with E-state index in [1.165, 1.54) is 12.1 Å². The predicted molar refractivity (Wildman–Crippen MR) is 108 cm³/mol. The highest BCUT2D eigenvalue weighted by Crippen LogP contribution is 2.34. The molecule has 3 aromatic rings. The first-order valence-corrected chi connectivity index (χ1v) is 9.13. The number of ether oxygens (including phenoxy) is 1. The molecule has 3 aromatic carbocycles. The maximum absolute atomic E-state index is 13.1. The third-order valence-electron chi connectivity index (χ3n) is 3.85. The normalized spacial score (nSPS) is 10.7. The van der Waals surface area contributed by atoms with E-state index < -0.39 is 0 Å². The quantitative estimate of drug-likeness (QED) is 0.432. The van der Waals surface area contributed by atoms with Gasteiger partial charge in [0.15, 0.2) is 5.75 Å². The molecule has 0 heterocycles. The Morgan fingerprint density at radius 1 is 0.889 bits per heavy atom. The van der Waals surface area contributed by atoms with Crippen LogP contribution in [0, 0.1) is 5.82 Å². The Kier molecular flexibility index (Phi) is 6.32. The molecule has 0 unspecified atom stereocenters. The number of phenolic OH excluding ortho intramolecular Hbond substituents is 1. The van der Waals surface area contributed by atoms with Crippen LogP contribution < -0.4 is 10.1 Å². The van der Waals surface area contributed by atoms with Crippen LogP contribution in [0.3, 0.4) is 0 Å². The van der Waals surface area contributed by atoms with Gasteiger partial charge < -0.3 is 15.2 Å². The molecule has 3 nitrogen and oxygen atoms in total. The minimum absolute atomic E-state index is 0.133. The number of hydrogen-bond donors (Lipinski definition) is 2. The Labute approximate surface area is 171 Å². The topological polar surface area (TPSA) is 41.5 Å². The second-order valence-electron chi connectivity index (χ2n) is 5.81. The third kappa shape index (κ3) is 5.19. The SMILES string of the molecule is Oc1c(Cl)cc(NCc2ccc(OCc3ccc(F)cc3Cl)cc2)cc1Cl. The van der Waals surface area contributed by atoms with Crippen molar-refractivity contribution in [3.63, 3.8) is 0 Å². The molecule has 0 radical (unpaired) electrons. The van der Waals surface area contributed by atoms with Crippen molar-refractivity contribution in [1.29, 1.82) is 0 Å². The fourth-order valence-corrected chi connectivity index (χ4v) is 3.08. The number of hydrogen-bond acceptors (Lipinski definition) is 3. The maximum Gasteiger partial charge on any atom is 0.152 e. The van der Waals surface area contributed by atoms with Gasteiger partial charge in [-0.3, -0.25) is 0 Å². The number of halogens is 4. The second-order valence-corrected chi connectivity index (χ2v) is 7.03. The smallest absolute Gasteiger partial charge is 0.152 e. The summed E-state index contributed by atoms with van der Waals surface area (Å²) in [5, 5.41) is 13.5. The number of phenols is 1. The highest BCUT2D eigenvalue weighted by molar-refractivity contribution is 6.37. The lowest BCUT2D eigenvalue weighted by Crippen LogP contribution is -2.00. The summed E-state index contributed by atoms with van der Waals surface area (Å²) in [6.45, 7) is 0.794. The predicted octanol–water partition coefficient (Wildman–Crippen LogP) is 6.68. The molecule has 0 saturated heterocycles. The number of aromatic hydroxyl groups is 1. The van der Waals surface area contributed by atoms with Crippen LogP contribution in [0.5, 0.6) is 11.5 Å². The van der Waals surface area contributed by atoms with E-state index >= 15 is 0 Å². The first-order valence-electron chi connectivity index (χ1n) is 8.00. The van der Waals surface area contributed by atoms with Gasteiger partial charge in [0.05, 0.1) is 15.1 Å². The molecule has 0 amide bonds. The van der Waals surface area contributed by atoms with Crippen molar-refractivity contribution < 1.29 is 14.2 Å². The van der Waals surface area contributed by atoms with Gasteiger partial charge in [0.2, 0.25) is 0 Å². The Balaban J connectivity index is 1.57. The molecule has 0 aliphatic heterocycles. The van der Waals surface area contributed by atoms with Gasteiger partial charge in [-0.25, -0.2) is 4.39 Å². The molecule has 2 N–H and O–H groups in total. The summed E-state index contributed by atoms with van der Waals surface area (Å²) in [6.07, 6.45) is 0. The number of rotatable bonds is 6. The summed E-state index contributed by atoms with van der Waals surface area (Å²) >= 11 is 17.8. The zero-order valence-electron chi connectivity index (χ0n) is 14.0. The van der Waals surface area contributed by atoms with Crippen LogP contribution >= 0.6 is 34.8 Å². The number of nitrogens with one attached hydrogen (secondary N) is 1. The summed E-state index contributed by atoms with van der Waals surface area (Å²) in [7, 11) is 0. The summed E-state index contributed by atoms with van der Waals surface area (Å²) < 4.78 is 18.7. The first-order chi connectivity index (χ1) is 12.9. The molecule has 0 aliphatic carbocycles. The Hall–Kier alpha value is -2.14. The van der Waals surface area contributed by atoms with E-state index in [1.807, 2.05) is 24.3 Å². The summed E-state index contributed by atoms with van der Waals surface area (Å²) in [5.74, 6) is 0.165. The Bertz CT molecular complexity index is 925. The van der Waals surface area contributed by atoms with E-state index in [4.69, 9.17) is 39.5 Å². The fourth-order valence-electron chi connectivity index (χ4n) is 2.38. The van der Waals surface area contributed by atoms with Crippen LogP contribution in [0.4, 0.5) is 10.1 Å². The van der Waals surface area contributed by atoms with E-state index in [1.54, 1.807) is 18.2 Å². The van der Waals surface area contributed by atoms with E-state index in [-0.39, 0.29) is 28.2 Å². The third-order valence-corrected chi connectivity index (χ3v) is 4.77. The van der Waals surface area contributed by atoms with Crippen LogP contribution in [0.1, 0.15) is 11.1 Å². The van der Waals surface area contributed by atoms with Gasteiger partial charge in [0.1, 0.15) is 18.2 Å². The average Bonchev–Trinajstić information content (AvgIpc) is 2.64. The molecule has 0 fully saturated rings. The standard InChI is InChI=1S/C20H15Cl3FNO2/c21-17-7-14(24)4-3-13(17)11-27-16-5-1-12(2-6-16)10-25-15-8-18(22)20(26)19(23)9-15/h1-9,25-26H,10-11H2. The van der Waals surface area contributed by atoms with Crippen LogP contribution in [0.2, 0.25) is 15.1 Å². The largest absolute Gasteiger partial charge is 0.505 e. The lowest BCUT2D eigenvalue weighted by atomic mass is 10.2. The van der Waals surface area contributed by atoms with Gasteiger partial charge in [0, 0.05) is 17.8 Å². The van der Waals surface area contributed by atoms with Gasteiger partial charge >= 0.3 is 0 Å². The van der Waals surface area contributed by atoms with E-state index in [9.17, 15) is 9.50 Å². The molecule has 0 atom stereocenters. The molecular weight excluding hydrogens is 412 g/mol. The monoisotopic (exact) mass is 425 g/mol. The van der Waals surface area contributed by atoms with Crippen molar-refractivity contribution in [3.05, 3.63) is 86.6 Å². The molecule has 0 saturated carbocycles. The maximum atomic E-state index is 13.1. The van der Waals surface area contributed by atoms with Crippen molar-refractivity contribution in [2.75, 3.05) is 5.32 Å². The van der Waals surface area contributed by atoms with E-state index in [2.05, 4.69) is 5.32 Å². The first kappa shape index (κ1) is 19.6. The lowest BCUT2D eigenvalue weighted by Gasteiger charge is -2.11. The second kappa shape index (κ2) is 8.70. The molecule has 0 aromatic heterocycles. The molecule has 140 valence electrons. The zero-order valence-corrected chi connectivity index (χ0v) is 16.2. The Morgan fingerprint density at radius 2 is 1.56 bits per heavy atom. The van der Waals surface area contributed by atoms with Crippen molar-refractivity contribution in [2.45, 2.75) is 13.2 Å². The van der Waals surface area contributed by atoms with Crippen molar-refractivity contribution in [1.82, 2.24) is 0 Å². The Morgan fingerprint density at radius 3 is 2.19 bits per heavy atom. The van der Waals surface area contributed by atoms with E-state index in [0.29, 0.717) is 28.6 Å². The highest BCUT2D eigenvalue weighted by atomic mass is 35.5. The fraction of sp³-hybridized carbons (Fsp3) is 0.100. The van der Waals surface area contributed by atoms with Gasteiger partial charge in [0.25, 0.3) is 0 Å². The van der Waals surface area contributed by atoms with Gasteiger partial charge in [-0.2, -0.15) is 0 Å². The molecule has 0 spiro atoms. The zero-order chi connectivity index (χ0) is 19.4. The van der Waals surface area contributed by atoms with E-state index in [0.717, 1.165) is 5.56 Å². The molecular formula is C20H15Cl3FNO2. The van der Waals surface area contributed by atoms with Gasteiger partial charge in [-0.1, -0.05) is 53.0 Å². The summed E-state index contributed by atoms with van der Waals surface area (Å²) in [6, 6.07) is 14.9. The van der Waals surface area contributed by atoms with Crippen LogP contribution in [0.25, 0.3) is 0 Å². The summed E-state index contributed by atoms with van der Waals surface area (Å²) in [4.78, 5) is 0. The van der Waals surface area contributed by atoms with Crippen LogP contribution in [-0.4, -0.2) is 5.11 Å². The van der Waals surface area contributed by atoms with Gasteiger partial charge in [-0.15, -0.1) is 0 Å². The van der Waals surface area contributed by atoms with Crippen molar-refractivity contribution >= 4 is 40.5 Å². The molecule has 7 heteroatoms. The minimum atomic E-state index is -0.378. The molecule has 0 bridgehead atoms. The van der Waals surface area contributed by atoms with Crippen molar-refractivity contribution in [2.24, 2.45) is 0 Å². The molecule has 27 heavy (non-hydrogen) atoms. The average molecular weight is 427 g/mol. The molecule has 0 aliphatic rings. The minimum Gasteiger partial charge on any atom is -0.505 e. The summed E-state index contributed by atoms with van der Waals surface area (Å²) in [5.41, 5.74) is 2.43. The van der Waals surface area contributed by atoms with Gasteiger partial charge in [-0.05, 0) is 42.0 Å². The lowest BCUT2D eigenvalue weighted by molar-refractivity contribution is 0.306. The highest BCUT2D eigenvalue weighted by Gasteiger charge is 2.07. The number of anilines is 1. The van der Waals surface area contributed by atoms with Crippen LogP contribution in [-0.2, 0) is 13.2 Å². The van der Waals surface area contributed by atoms with Crippen molar-refractivity contribution in [3.8, 4) is 11.5 Å².